The predicted molar refractivity (Wildman–Crippen MR) is 54.4 cm³/mol. The lowest BCUT2D eigenvalue weighted by atomic mass is 10.1. The Morgan fingerprint density at radius 2 is 2.07 bits per heavy atom. The first kappa shape index (κ1) is 8.81. The standard InChI is InChI=1S/C11H12N2O/c1-2-8-7-11(12)13(14)10-6-4-3-5-9(8)10/h3-7,12,14H,2H2,1H3. The second-order valence-electron chi connectivity index (χ2n) is 3.24. The third kappa shape index (κ3) is 1.18. The van der Waals surface area contributed by atoms with E-state index in [4.69, 9.17) is 5.41 Å². The fourth-order valence-electron chi connectivity index (χ4n) is 1.66. The summed E-state index contributed by atoms with van der Waals surface area (Å²) in [7, 11) is 0. The molecule has 72 valence electrons. The number of hydrogen-bond donors (Lipinski definition) is 2. The number of nitrogens with one attached hydrogen (secondary N) is 1. The SMILES string of the molecule is CCc1cc(=N)n(O)c2ccccc12. The largest absolute Gasteiger partial charge is 0.426 e. The monoisotopic (exact) mass is 188 g/mol. The summed E-state index contributed by atoms with van der Waals surface area (Å²) in [4.78, 5) is 0. The molecule has 0 saturated carbocycles. The Hall–Kier alpha value is -1.77. The van der Waals surface area contributed by atoms with E-state index >= 15 is 0 Å². The first-order valence-corrected chi connectivity index (χ1v) is 4.61. The summed E-state index contributed by atoms with van der Waals surface area (Å²) in [5.41, 5.74) is 1.91. The van der Waals surface area contributed by atoms with Crippen molar-refractivity contribution in [3.8, 4) is 0 Å². The fraction of sp³-hybridized carbons (Fsp3) is 0.182. The number of aryl methyl sites for hydroxylation is 1. The Morgan fingerprint density at radius 1 is 1.36 bits per heavy atom. The molecule has 1 aromatic heterocycles. The fourth-order valence-corrected chi connectivity index (χ4v) is 1.66. The molecular weight excluding hydrogens is 176 g/mol. The van der Waals surface area contributed by atoms with Gasteiger partial charge in [0.05, 0.1) is 5.52 Å². The van der Waals surface area contributed by atoms with Crippen LogP contribution in [-0.4, -0.2) is 9.94 Å². The zero-order valence-electron chi connectivity index (χ0n) is 7.99. The van der Waals surface area contributed by atoms with E-state index in [1.54, 1.807) is 6.07 Å². The van der Waals surface area contributed by atoms with Gasteiger partial charge in [-0.3, -0.25) is 5.41 Å². The van der Waals surface area contributed by atoms with E-state index in [1.807, 2.05) is 31.2 Å². The average molecular weight is 188 g/mol. The molecule has 0 spiro atoms. The van der Waals surface area contributed by atoms with E-state index in [-0.39, 0.29) is 5.49 Å². The minimum atomic E-state index is 0.126. The first-order valence-electron chi connectivity index (χ1n) is 4.61. The molecule has 0 radical (unpaired) electrons. The summed E-state index contributed by atoms with van der Waals surface area (Å²) in [6.07, 6.45) is 0.868. The molecule has 0 amide bonds. The minimum absolute atomic E-state index is 0.126. The number of aromatic nitrogens is 1. The highest BCUT2D eigenvalue weighted by molar-refractivity contribution is 5.82. The third-order valence-corrected chi connectivity index (χ3v) is 2.40. The number of nitrogens with zero attached hydrogens (tertiary/aromatic N) is 1. The normalized spacial score (nSPS) is 10.6. The minimum Gasteiger partial charge on any atom is -0.426 e. The molecule has 2 rings (SSSR count). The summed E-state index contributed by atoms with van der Waals surface area (Å²) >= 11 is 0. The van der Waals surface area contributed by atoms with E-state index in [2.05, 4.69) is 0 Å². The molecule has 2 N–H and O–H groups in total. The van der Waals surface area contributed by atoms with Gasteiger partial charge < -0.3 is 5.21 Å². The number of para-hydroxylation sites is 1. The van der Waals surface area contributed by atoms with E-state index in [1.165, 1.54) is 0 Å². The van der Waals surface area contributed by atoms with Gasteiger partial charge >= 0.3 is 0 Å². The predicted octanol–water partition coefficient (Wildman–Crippen LogP) is 1.92. The van der Waals surface area contributed by atoms with Gasteiger partial charge in [0, 0.05) is 5.39 Å². The summed E-state index contributed by atoms with van der Waals surface area (Å²) in [5, 5.41) is 18.2. The van der Waals surface area contributed by atoms with Crippen LogP contribution in [-0.2, 0) is 6.42 Å². The Balaban J connectivity index is 2.97. The summed E-state index contributed by atoms with van der Waals surface area (Å²) in [6, 6.07) is 9.26. The van der Waals surface area contributed by atoms with E-state index in [9.17, 15) is 5.21 Å². The lowest BCUT2D eigenvalue weighted by Gasteiger charge is -2.07. The summed E-state index contributed by atoms with van der Waals surface area (Å²) < 4.78 is 0.911. The van der Waals surface area contributed by atoms with Crippen LogP contribution in [0.5, 0.6) is 0 Å². The van der Waals surface area contributed by atoms with Crippen LogP contribution in [0.2, 0.25) is 0 Å². The van der Waals surface area contributed by atoms with Crippen molar-refractivity contribution in [2.45, 2.75) is 13.3 Å². The number of rotatable bonds is 1. The van der Waals surface area contributed by atoms with Crippen molar-refractivity contribution in [2.24, 2.45) is 0 Å². The van der Waals surface area contributed by atoms with E-state index in [0.717, 1.165) is 22.1 Å². The van der Waals surface area contributed by atoms with Crippen molar-refractivity contribution in [3.63, 3.8) is 0 Å². The highest BCUT2D eigenvalue weighted by Gasteiger charge is 2.03. The van der Waals surface area contributed by atoms with Gasteiger partial charge in [-0.05, 0) is 24.1 Å². The Bertz CT molecular complexity index is 528. The van der Waals surface area contributed by atoms with Crippen molar-refractivity contribution in [1.82, 2.24) is 4.73 Å². The molecule has 1 aromatic carbocycles. The average Bonchev–Trinajstić information content (AvgIpc) is 2.23. The van der Waals surface area contributed by atoms with Gasteiger partial charge in [0.1, 0.15) is 0 Å². The molecule has 0 fully saturated rings. The van der Waals surface area contributed by atoms with Crippen molar-refractivity contribution in [1.29, 1.82) is 5.41 Å². The Kier molecular flexibility index (Phi) is 2.00. The number of hydrogen-bond acceptors (Lipinski definition) is 2. The van der Waals surface area contributed by atoms with Gasteiger partial charge in [0.25, 0.3) is 0 Å². The van der Waals surface area contributed by atoms with Gasteiger partial charge in [-0.15, -0.1) is 0 Å². The molecule has 14 heavy (non-hydrogen) atoms. The maximum atomic E-state index is 9.61. The topological polar surface area (TPSA) is 49.0 Å². The summed E-state index contributed by atoms with van der Waals surface area (Å²) in [6.45, 7) is 2.04. The molecule has 0 saturated heterocycles. The molecule has 0 atom stereocenters. The van der Waals surface area contributed by atoms with Gasteiger partial charge in [-0.1, -0.05) is 25.1 Å². The van der Waals surface area contributed by atoms with Gasteiger partial charge in [-0.2, -0.15) is 4.73 Å². The van der Waals surface area contributed by atoms with Crippen molar-refractivity contribution < 1.29 is 5.21 Å². The maximum Gasteiger partial charge on any atom is 0.161 e. The van der Waals surface area contributed by atoms with Crippen LogP contribution in [0.25, 0.3) is 10.9 Å². The second-order valence-corrected chi connectivity index (χ2v) is 3.24. The van der Waals surface area contributed by atoms with Crippen LogP contribution in [0, 0.1) is 5.41 Å². The van der Waals surface area contributed by atoms with Gasteiger partial charge in [-0.25, -0.2) is 0 Å². The molecule has 3 heteroatoms. The van der Waals surface area contributed by atoms with Gasteiger partial charge in [0.15, 0.2) is 5.49 Å². The Labute approximate surface area is 81.7 Å². The number of fused-ring (bicyclic) bond motifs is 1. The molecule has 0 aliphatic carbocycles. The van der Waals surface area contributed by atoms with Crippen LogP contribution in [0.15, 0.2) is 30.3 Å². The van der Waals surface area contributed by atoms with Gasteiger partial charge in [0.2, 0.25) is 0 Å². The van der Waals surface area contributed by atoms with Crippen molar-refractivity contribution >= 4 is 10.9 Å². The number of pyridine rings is 1. The second kappa shape index (κ2) is 3.18. The van der Waals surface area contributed by atoms with E-state index < -0.39 is 0 Å². The lowest BCUT2D eigenvalue weighted by Crippen LogP contribution is -2.18. The molecule has 0 aliphatic heterocycles. The summed E-state index contributed by atoms with van der Waals surface area (Å²) in [5.74, 6) is 0. The molecule has 0 aliphatic rings. The molecule has 3 nitrogen and oxygen atoms in total. The Morgan fingerprint density at radius 3 is 2.79 bits per heavy atom. The molecule has 0 bridgehead atoms. The van der Waals surface area contributed by atoms with Crippen molar-refractivity contribution in [2.75, 3.05) is 0 Å². The highest BCUT2D eigenvalue weighted by atomic mass is 16.5. The van der Waals surface area contributed by atoms with E-state index in [0.29, 0.717) is 5.52 Å². The van der Waals surface area contributed by atoms with Crippen LogP contribution in [0.1, 0.15) is 12.5 Å². The number of benzene rings is 1. The lowest BCUT2D eigenvalue weighted by molar-refractivity contribution is 0.184. The molecule has 2 aromatic rings. The highest BCUT2D eigenvalue weighted by Crippen LogP contribution is 2.15. The molecule has 0 unspecified atom stereocenters. The third-order valence-electron chi connectivity index (χ3n) is 2.40. The quantitative estimate of drug-likeness (QED) is 0.660. The van der Waals surface area contributed by atoms with Crippen LogP contribution in [0.3, 0.4) is 0 Å². The first-order chi connectivity index (χ1) is 6.74. The zero-order chi connectivity index (χ0) is 10.1. The zero-order valence-corrected chi connectivity index (χ0v) is 7.99. The molecule has 1 heterocycles. The molecular formula is C11H12N2O. The van der Waals surface area contributed by atoms with Crippen LogP contribution < -0.4 is 5.49 Å². The van der Waals surface area contributed by atoms with Crippen molar-refractivity contribution in [3.05, 3.63) is 41.4 Å². The van der Waals surface area contributed by atoms with Crippen LogP contribution in [0.4, 0.5) is 0 Å². The van der Waals surface area contributed by atoms with Crippen LogP contribution >= 0.6 is 0 Å². The smallest absolute Gasteiger partial charge is 0.161 e. The maximum absolute atomic E-state index is 9.61.